The summed E-state index contributed by atoms with van der Waals surface area (Å²) in [4.78, 5) is 23.9. The lowest BCUT2D eigenvalue weighted by Crippen LogP contribution is -2.29. The van der Waals surface area contributed by atoms with Gasteiger partial charge in [0.25, 0.3) is 0 Å². The van der Waals surface area contributed by atoms with Gasteiger partial charge in [0.15, 0.2) is 5.12 Å². The van der Waals surface area contributed by atoms with Crippen LogP contribution in [0.2, 0.25) is 0 Å². The second-order valence-corrected chi connectivity index (χ2v) is 4.81. The van der Waals surface area contributed by atoms with E-state index in [2.05, 4.69) is 6.58 Å². The van der Waals surface area contributed by atoms with Crippen molar-refractivity contribution < 1.29 is 14.3 Å². The molecule has 0 aromatic rings. The third-order valence-electron chi connectivity index (χ3n) is 2.06. The lowest BCUT2D eigenvalue weighted by molar-refractivity contribution is -0.109. The van der Waals surface area contributed by atoms with Crippen LogP contribution in [-0.4, -0.2) is 41.1 Å². The summed E-state index contributed by atoms with van der Waals surface area (Å²) < 4.78 is 4.90. The molecule has 0 aromatic carbocycles. The molecule has 1 fully saturated rings. The van der Waals surface area contributed by atoms with E-state index < -0.39 is 0 Å². The van der Waals surface area contributed by atoms with Gasteiger partial charge in [-0.3, -0.25) is 4.79 Å². The van der Waals surface area contributed by atoms with Crippen molar-refractivity contribution >= 4 is 23.0 Å². The smallest absolute Gasteiger partial charge is 0.410 e. The predicted molar refractivity (Wildman–Crippen MR) is 59.8 cm³/mol. The maximum Gasteiger partial charge on any atom is 0.410 e. The third-order valence-corrected chi connectivity index (χ3v) is 3.11. The molecular formula is C10H15NO3S. The molecule has 15 heavy (non-hydrogen) atoms. The molecule has 1 aliphatic heterocycles. The van der Waals surface area contributed by atoms with E-state index in [9.17, 15) is 9.59 Å². The van der Waals surface area contributed by atoms with E-state index in [0.717, 1.165) is 6.42 Å². The largest absolute Gasteiger partial charge is 0.445 e. The second-order valence-electron chi connectivity index (χ2n) is 3.33. The zero-order chi connectivity index (χ0) is 11.3. The Hall–Kier alpha value is -0.970. The first-order chi connectivity index (χ1) is 7.13. The van der Waals surface area contributed by atoms with Crippen LogP contribution in [0.3, 0.4) is 0 Å². The van der Waals surface area contributed by atoms with Crippen LogP contribution in [0.15, 0.2) is 12.7 Å². The molecule has 0 spiro atoms. The molecule has 1 amide bonds. The number of hydrogen-bond acceptors (Lipinski definition) is 4. The molecule has 0 saturated carbocycles. The Kier molecular flexibility index (Phi) is 4.68. The molecule has 5 heteroatoms. The van der Waals surface area contributed by atoms with Gasteiger partial charge in [0.05, 0.1) is 0 Å². The van der Waals surface area contributed by atoms with Crippen LogP contribution in [0.5, 0.6) is 0 Å². The summed E-state index contributed by atoms with van der Waals surface area (Å²) in [6.45, 7) is 6.52. The number of thioether (sulfide) groups is 1. The van der Waals surface area contributed by atoms with Crippen LogP contribution in [0.25, 0.3) is 0 Å². The number of nitrogens with zero attached hydrogens (tertiary/aromatic N) is 1. The standard InChI is InChI=1S/C10H15NO3S/c1-3-6-14-10(13)11-5-4-9(7-11)15-8(2)12/h3,9H,1,4-7H2,2H3/t9-/m1/s1. The Morgan fingerprint density at radius 1 is 1.67 bits per heavy atom. The first-order valence-electron chi connectivity index (χ1n) is 4.83. The Labute approximate surface area is 93.6 Å². The summed E-state index contributed by atoms with van der Waals surface area (Å²) in [5, 5.41) is 0.320. The maximum absolute atomic E-state index is 11.4. The lowest BCUT2D eigenvalue weighted by atomic mass is 10.4. The number of ether oxygens (including phenoxy) is 1. The number of rotatable bonds is 3. The normalized spacial score (nSPS) is 20.1. The summed E-state index contributed by atoms with van der Waals surface area (Å²) in [5.41, 5.74) is 0. The van der Waals surface area contributed by atoms with E-state index in [1.807, 2.05) is 0 Å². The van der Waals surface area contributed by atoms with Crippen molar-refractivity contribution in [1.29, 1.82) is 0 Å². The zero-order valence-electron chi connectivity index (χ0n) is 8.77. The summed E-state index contributed by atoms with van der Waals surface area (Å²) in [5.74, 6) is 0. The molecule has 0 bridgehead atoms. The van der Waals surface area contributed by atoms with Crippen LogP contribution in [0.1, 0.15) is 13.3 Å². The van der Waals surface area contributed by atoms with Gasteiger partial charge >= 0.3 is 6.09 Å². The van der Waals surface area contributed by atoms with Crippen LogP contribution in [0, 0.1) is 0 Å². The van der Waals surface area contributed by atoms with Gasteiger partial charge in [0, 0.05) is 25.3 Å². The minimum absolute atomic E-state index is 0.0984. The van der Waals surface area contributed by atoms with Gasteiger partial charge < -0.3 is 9.64 Å². The maximum atomic E-state index is 11.4. The van der Waals surface area contributed by atoms with Crippen LogP contribution < -0.4 is 0 Å². The number of likely N-dealkylation sites (tertiary alicyclic amines) is 1. The molecule has 4 nitrogen and oxygen atoms in total. The first-order valence-corrected chi connectivity index (χ1v) is 5.71. The van der Waals surface area contributed by atoms with Crippen molar-refractivity contribution in [2.24, 2.45) is 0 Å². The van der Waals surface area contributed by atoms with Crippen molar-refractivity contribution in [3.05, 3.63) is 12.7 Å². The molecule has 1 heterocycles. The molecule has 0 N–H and O–H groups in total. The quantitative estimate of drug-likeness (QED) is 0.690. The van der Waals surface area contributed by atoms with Crippen molar-refractivity contribution in [2.45, 2.75) is 18.6 Å². The Bertz CT molecular complexity index is 267. The van der Waals surface area contributed by atoms with Gasteiger partial charge in [-0.25, -0.2) is 4.79 Å². The van der Waals surface area contributed by atoms with E-state index in [0.29, 0.717) is 13.1 Å². The van der Waals surface area contributed by atoms with Crippen molar-refractivity contribution in [2.75, 3.05) is 19.7 Å². The number of amides is 1. The summed E-state index contributed by atoms with van der Waals surface area (Å²) >= 11 is 1.30. The Balaban J connectivity index is 2.31. The summed E-state index contributed by atoms with van der Waals surface area (Å²) in [6.07, 6.45) is 2.07. The highest BCUT2D eigenvalue weighted by atomic mass is 32.2. The summed E-state index contributed by atoms with van der Waals surface area (Å²) in [6, 6.07) is 0. The van der Waals surface area contributed by atoms with E-state index >= 15 is 0 Å². The number of carbonyl (C=O) groups is 2. The van der Waals surface area contributed by atoms with Gasteiger partial charge in [-0.1, -0.05) is 24.4 Å². The molecule has 1 saturated heterocycles. The molecule has 0 unspecified atom stereocenters. The highest BCUT2D eigenvalue weighted by molar-refractivity contribution is 8.14. The molecule has 1 atom stereocenters. The van der Waals surface area contributed by atoms with E-state index in [-0.39, 0.29) is 23.1 Å². The highest BCUT2D eigenvalue weighted by Gasteiger charge is 2.28. The molecule has 1 aliphatic rings. The van der Waals surface area contributed by atoms with E-state index in [1.165, 1.54) is 17.8 Å². The highest BCUT2D eigenvalue weighted by Crippen LogP contribution is 2.23. The van der Waals surface area contributed by atoms with Gasteiger partial charge in [0.1, 0.15) is 6.61 Å². The average Bonchev–Trinajstić information content (AvgIpc) is 2.61. The Morgan fingerprint density at radius 2 is 2.40 bits per heavy atom. The molecule has 84 valence electrons. The van der Waals surface area contributed by atoms with Crippen LogP contribution in [-0.2, 0) is 9.53 Å². The Morgan fingerprint density at radius 3 is 3.00 bits per heavy atom. The zero-order valence-corrected chi connectivity index (χ0v) is 9.59. The molecule has 0 aliphatic carbocycles. The molecular weight excluding hydrogens is 214 g/mol. The SMILES string of the molecule is C=CCOC(=O)N1CC[C@@H](SC(C)=O)C1. The van der Waals surface area contributed by atoms with Crippen molar-refractivity contribution in [3.8, 4) is 0 Å². The van der Waals surface area contributed by atoms with Gasteiger partial charge in [-0.15, -0.1) is 0 Å². The van der Waals surface area contributed by atoms with E-state index in [4.69, 9.17) is 4.74 Å². The average molecular weight is 229 g/mol. The number of hydrogen-bond donors (Lipinski definition) is 0. The molecule has 1 rings (SSSR count). The number of carbonyl (C=O) groups excluding carboxylic acids is 2. The van der Waals surface area contributed by atoms with E-state index in [1.54, 1.807) is 11.8 Å². The summed E-state index contributed by atoms with van der Waals surface area (Å²) in [7, 11) is 0. The first kappa shape index (κ1) is 12.1. The predicted octanol–water partition coefficient (Wildman–Crippen LogP) is 1.66. The second kappa shape index (κ2) is 5.80. The van der Waals surface area contributed by atoms with Crippen molar-refractivity contribution in [1.82, 2.24) is 4.90 Å². The monoisotopic (exact) mass is 229 g/mol. The van der Waals surface area contributed by atoms with Crippen molar-refractivity contribution in [3.63, 3.8) is 0 Å². The third kappa shape index (κ3) is 3.95. The minimum Gasteiger partial charge on any atom is -0.445 e. The minimum atomic E-state index is -0.318. The van der Waals surface area contributed by atoms with Crippen LogP contribution in [0.4, 0.5) is 4.79 Å². The van der Waals surface area contributed by atoms with Crippen LogP contribution >= 0.6 is 11.8 Å². The van der Waals surface area contributed by atoms with Gasteiger partial charge in [0.2, 0.25) is 0 Å². The lowest BCUT2D eigenvalue weighted by Gasteiger charge is -2.14. The molecule has 0 radical (unpaired) electrons. The molecule has 0 aromatic heterocycles. The van der Waals surface area contributed by atoms with Gasteiger partial charge in [-0.2, -0.15) is 0 Å². The fraction of sp³-hybridized carbons (Fsp3) is 0.600. The fourth-order valence-electron chi connectivity index (χ4n) is 1.45. The van der Waals surface area contributed by atoms with Gasteiger partial charge in [-0.05, 0) is 6.42 Å². The fourth-order valence-corrected chi connectivity index (χ4v) is 2.39. The topological polar surface area (TPSA) is 46.6 Å².